The van der Waals surface area contributed by atoms with E-state index in [0.717, 1.165) is 37.9 Å². The SMILES string of the molecule is C[C@@H]1CCCC[C@@H]1NC(=O)[C@@H](C)[NH+]1CCC(c2nc3ccccc3s2)CC1. The van der Waals surface area contributed by atoms with Gasteiger partial charge in [-0.3, -0.25) is 4.79 Å². The van der Waals surface area contributed by atoms with Gasteiger partial charge in [-0.15, -0.1) is 11.3 Å². The van der Waals surface area contributed by atoms with E-state index in [2.05, 4.69) is 43.4 Å². The second-order valence-corrected chi connectivity index (χ2v) is 9.61. The number of rotatable bonds is 4. The highest BCUT2D eigenvalue weighted by Gasteiger charge is 2.33. The van der Waals surface area contributed by atoms with Crippen LogP contribution in [0.4, 0.5) is 0 Å². The first kappa shape index (κ1) is 18.9. The Balaban J connectivity index is 1.32. The number of nitrogens with zero attached hydrogens (tertiary/aromatic N) is 1. The van der Waals surface area contributed by atoms with Crippen molar-refractivity contribution in [3.63, 3.8) is 0 Å². The molecule has 146 valence electrons. The van der Waals surface area contributed by atoms with E-state index in [1.807, 2.05) is 11.3 Å². The monoisotopic (exact) mass is 386 g/mol. The van der Waals surface area contributed by atoms with Gasteiger partial charge in [0.2, 0.25) is 0 Å². The molecule has 3 atom stereocenters. The van der Waals surface area contributed by atoms with Crippen molar-refractivity contribution >= 4 is 27.5 Å². The molecule has 1 saturated heterocycles. The summed E-state index contributed by atoms with van der Waals surface area (Å²) < 4.78 is 1.29. The largest absolute Gasteiger partial charge is 0.348 e. The van der Waals surface area contributed by atoms with E-state index in [-0.39, 0.29) is 11.9 Å². The molecule has 1 aromatic carbocycles. The summed E-state index contributed by atoms with van der Waals surface area (Å²) >= 11 is 1.84. The lowest BCUT2D eigenvalue weighted by Gasteiger charge is -2.34. The molecule has 2 heterocycles. The van der Waals surface area contributed by atoms with E-state index in [1.165, 1.54) is 33.9 Å². The number of amides is 1. The van der Waals surface area contributed by atoms with Crippen LogP contribution in [0.25, 0.3) is 10.2 Å². The number of carbonyl (C=O) groups excluding carboxylic acids is 1. The second kappa shape index (κ2) is 8.27. The summed E-state index contributed by atoms with van der Waals surface area (Å²) in [5.41, 5.74) is 1.13. The van der Waals surface area contributed by atoms with Crippen molar-refractivity contribution < 1.29 is 9.69 Å². The van der Waals surface area contributed by atoms with Crippen LogP contribution in [0.3, 0.4) is 0 Å². The Hall–Kier alpha value is -1.46. The van der Waals surface area contributed by atoms with Gasteiger partial charge in [-0.05, 0) is 37.8 Å². The molecule has 2 N–H and O–H groups in total. The molecular formula is C22H32N3OS+. The van der Waals surface area contributed by atoms with Gasteiger partial charge in [-0.25, -0.2) is 4.98 Å². The van der Waals surface area contributed by atoms with E-state index in [1.54, 1.807) is 0 Å². The predicted octanol–water partition coefficient (Wildman–Crippen LogP) is 3.14. The number of para-hydroxylation sites is 1. The van der Waals surface area contributed by atoms with Crippen LogP contribution in [0, 0.1) is 5.92 Å². The zero-order chi connectivity index (χ0) is 18.8. The Morgan fingerprint density at radius 2 is 1.93 bits per heavy atom. The highest BCUT2D eigenvalue weighted by Crippen LogP contribution is 2.31. The van der Waals surface area contributed by atoms with Crippen LogP contribution in [0.5, 0.6) is 0 Å². The van der Waals surface area contributed by atoms with Crippen molar-refractivity contribution in [2.45, 2.75) is 70.4 Å². The molecule has 2 aromatic rings. The summed E-state index contributed by atoms with van der Waals surface area (Å²) in [6.07, 6.45) is 7.23. The van der Waals surface area contributed by atoms with Gasteiger partial charge < -0.3 is 10.2 Å². The first-order chi connectivity index (χ1) is 13.1. The Morgan fingerprint density at radius 3 is 2.67 bits per heavy atom. The molecule has 1 saturated carbocycles. The average Bonchev–Trinajstić information content (AvgIpc) is 3.13. The number of fused-ring (bicyclic) bond motifs is 1. The van der Waals surface area contributed by atoms with Gasteiger partial charge in [-0.2, -0.15) is 0 Å². The molecule has 0 bridgehead atoms. The van der Waals surface area contributed by atoms with Gasteiger partial charge in [0, 0.05) is 24.8 Å². The van der Waals surface area contributed by atoms with Gasteiger partial charge in [0.25, 0.3) is 5.91 Å². The third kappa shape index (κ3) is 4.19. The fourth-order valence-corrected chi connectivity index (χ4v) is 5.89. The van der Waals surface area contributed by atoms with Crippen LogP contribution in [0.2, 0.25) is 0 Å². The van der Waals surface area contributed by atoms with E-state index in [9.17, 15) is 4.79 Å². The maximum Gasteiger partial charge on any atom is 0.278 e. The Labute approximate surface area is 166 Å². The standard InChI is InChI=1S/C22H31N3OS/c1-15-7-3-4-8-18(15)23-21(26)16(2)25-13-11-17(12-14-25)22-24-19-9-5-6-10-20(19)27-22/h5-6,9-10,15-18H,3-4,7-8,11-14H2,1-2H3,(H,23,26)/p+1/t15-,16-,18+/m1/s1. The number of carbonyl (C=O) groups is 1. The summed E-state index contributed by atoms with van der Waals surface area (Å²) in [7, 11) is 0. The Morgan fingerprint density at radius 1 is 1.19 bits per heavy atom. The molecule has 1 aromatic heterocycles. The first-order valence-corrected chi connectivity index (χ1v) is 11.4. The molecule has 0 unspecified atom stereocenters. The maximum absolute atomic E-state index is 12.8. The quantitative estimate of drug-likeness (QED) is 0.848. The van der Waals surface area contributed by atoms with Gasteiger partial charge >= 0.3 is 0 Å². The fraction of sp³-hybridized carbons (Fsp3) is 0.636. The summed E-state index contributed by atoms with van der Waals surface area (Å²) in [6.45, 7) is 6.52. The van der Waals surface area contributed by atoms with E-state index in [4.69, 9.17) is 4.98 Å². The number of hydrogen-bond donors (Lipinski definition) is 2. The van der Waals surface area contributed by atoms with E-state index < -0.39 is 0 Å². The third-order valence-corrected chi connectivity index (χ3v) is 7.93. The number of quaternary nitrogens is 1. The number of thiazole rings is 1. The lowest BCUT2D eigenvalue weighted by atomic mass is 9.86. The van der Waals surface area contributed by atoms with Crippen LogP contribution >= 0.6 is 11.3 Å². The molecule has 0 radical (unpaired) electrons. The molecule has 4 nitrogen and oxygen atoms in total. The van der Waals surface area contributed by atoms with Crippen LogP contribution in [0.1, 0.15) is 63.3 Å². The molecular weight excluding hydrogens is 354 g/mol. The summed E-state index contributed by atoms with van der Waals surface area (Å²) in [5.74, 6) is 1.43. The maximum atomic E-state index is 12.8. The minimum Gasteiger partial charge on any atom is -0.348 e. The van der Waals surface area contributed by atoms with Crippen molar-refractivity contribution in [2.24, 2.45) is 5.92 Å². The molecule has 4 rings (SSSR count). The number of likely N-dealkylation sites (tertiary alicyclic amines) is 1. The third-order valence-electron chi connectivity index (χ3n) is 6.73. The first-order valence-electron chi connectivity index (χ1n) is 10.6. The Bertz CT molecular complexity index is 748. The average molecular weight is 387 g/mol. The summed E-state index contributed by atoms with van der Waals surface area (Å²) in [4.78, 5) is 19.1. The summed E-state index contributed by atoms with van der Waals surface area (Å²) in [5, 5.41) is 4.64. The highest BCUT2D eigenvalue weighted by molar-refractivity contribution is 7.18. The number of aromatic nitrogens is 1. The van der Waals surface area contributed by atoms with Crippen LogP contribution in [0.15, 0.2) is 24.3 Å². The van der Waals surface area contributed by atoms with Crippen LogP contribution < -0.4 is 10.2 Å². The molecule has 27 heavy (non-hydrogen) atoms. The molecule has 1 amide bonds. The Kier molecular flexibility index (Phi) is 5.79. The minimum atomic E-state index is 0.0513. The zero-order valence-electron chi connectivity index (χ0n) is 16.5. The normalized spacial score (nSPS) is 30.1. The lowest BCUT2D eigenvalue weighted by molar-refractivity contribution is -0.919. The van der Waals surface area contributed by atoms with Crippen molar-refractivity contribution in [1.29, 1.82) is 0 Å². The number of piperidine rings is 1. The van der Waals surface area contributed by atoms with Crippen molar-refractivity contribution in [1.82, 2.24) is 10.3 Å². The lowest BCUT2D eigenvalue weighted by Crippen LogP contribution is -3.17. The minimum absolute atomic E-state index is 0.0513. The van der Waals surface area contributed by atoms with Gasteiger partial charge in [-0.1, -0.05) is 31.9 Å². The number of hydrogen-bond acceptors (Lipinski definition) is 3. The summed E-state index contributed by atoms with van der Waals surface area (Å²) in [6, 6.07) is 8.85. The highest BCUT2D eigenvalue weighted by atomic mass is 32.1. The molecule has 2 aliphatic rings. The molecule has 2 fully saturated rings. The van der Waals surface area contributed by atoms with Gasteiger partial charge in [0.05, 0.1) is 28.3 Å². The molecule has 0 spiro atoms. The van der Waals surface area contributed by atoms with Crippen molar-refractivity contribution in [3.05, 3.63) is 29.3 Å². The molecule has 1 aliphatic heterocycles. The predicted molar refractivity (Wildman–Crippen MR) is 111 cm³/mol. The van der Waals surface area contributed by atoms with Crippen molar-refractivity contribution in [3.8, 4) is 0 Å². The van der Waals surface area contributed by atoms with Crippen LogP contribution in [-0.4, -0.2) is 36.1 Å². The van der Waals surface area contributed by atoms with E-state index >= 15 is 0 Å². The zero-order valence-corrected chi connectivity index (χ0v) is 17.4. The van der Waals surface area contributed by atoms with E-state index in [0.29, 0.717) is 17.9 Å². The molecule has 5 heteroatoms. The second-order valence-electron chi connectivity index (χ2n) is 8.55. The smallest absolute Gasteiger partial charge is 0.278 e. The van der Waals surface area contributed by atoms with Gasteiger partial charge in [0.15, 0.2) is 6.04 Å². The number of benzene rings is 1. The van der Waals surface area contributed by atoms with Crippen molar-refractivity contribution in [2.75, 3.05) is 13.1 Å². The topological polar surface area (TPSA) is 46.4 Å². The number of nitrogens with one attached hydrogen (secondary N) is 2. The fourth-order valence-electron chi connectivity index (χ4n) is 4.76. The van der Waals surface area contributed by atoms with Gasteiger partial charge in [0.1, 0.15) is 0 Å². The van der Waals surface area contributed by atoms with Crippen LogP contribution in [-0.2, 0) is 4.79 Å². The molecule has 1 aliphatic carbocycles.